The first-order chi connectivity index (χ1) is 9.90. The van der Waals surface area contributed by atoms with Crippen LogP contribution in [0.2, 0.25) is 0 Å². The summed E-state index contributed by atoms with van der Waals surface area (Å²) in [5.41, 5.74) is 4.75. The number of carbonyl (C=O) groups is 1. The number of aryl methyl sites for hydroxylation is 3. The van der Waals surface area contributed by atoms with Gasteiger partial charge in [-0.25, -0.2) is 0 Å². The van der Waals surface area contributed by atoms with Crippen molar-refractivity contribution in [2.75, 3.05) is 0 Å². The van der Waals surface area contributed by atoms with E-state index in [0.29, 0.717) is 19.0 Å². The Kier molecular flexibility index (Phi) is 7.15. The Morgan fingerprint density at radius 3 is 2.27 bits per heavy atom. The van der Waals surface area contributed by atoms with E-state index in [1.54, 1.807) is 0 Å². The molecule has 4 heteroatoms. The zero-order valence-corrected chi connectivity index (χ0v) is 17.1. The Labute approximate surface area is 158 Å². The molecule has 0 bridgehead atoms. The van der Waals surface area contributed by atoms with Crippen molar-refractivity contribution in [3.8, 4) is 0 Å². The van der Waals surface area contributed by atoms with Crippen LogP contribution in [0, 0.1) is 20.8 Å². The van der Waals surface area contributed by atoms with Crippen LogP contribution in [0.1, 0.15) is 42.3 Å². The van der Waals surface area contributed by atoms with Crippen molar-refractivity contribution in [2.24, 2.45) is 0 Å². The van der Waals surface area contributed by atoms with Gasteiger partial charge in [-0.3, -0.25) is 4.79 Å². The molecule has 1 heterocycles. The van der Waals surface area contributed by atoms with Crippen molar-refractivity contribution in [3.63, 3.8) is 0 Å². The van der Waals surface area contributed by atoms with Crippen molar-refractivity contribution in [3.05, 3.63) is 52.8 Å². The molecular weight excluding hydrogens is 349 g/mol. The van der Waals surface area contributed by atoms with Gasteiger partial charge in [0, 0.05) is 45.2 Å². The van der Waals surface area contributed by atoms with E-state index >= 15 is 0 Å². The van der Waals surface area contributed by atoms with Crippen molar-refractivity contribution in [1.82, 2.24) is 4.68 Å². The summed E-state index contributed by atoms with van der Waals surface area (Å²) in [6.07, 6.45) is 2.51. The molecule has 0 spiro atoms. The molecule has 0 N–H and O–H groups in total. The second-order valence-electron chi connectivity index (χ2n) is 6.08. The van der Waals surface area contributed by atoms with Crippen LogP contribution in [-0.2, 0) is 50.5 Å². The van der Waals surface area contributed by atoms with Gasteiger partial charge in [0.15, 0.2) is 6.20 Å². The Hall–Kier alpha value is -0.796. The zero-order chi connectivity index (χ0) is 15.6. The SMILES string of the molecule is Cc1cccc(C)c1CC(=O)C[n+]1ccc(C)n1C(C)C.[Y]. The molecule has 0 aliphatic heterocycles. The van der Waals surface area contributed by atoms with E-state index in [1.807, 2.05) is 16.9 Å². The average Bonchev–Trinajstić information content (AvgIpc) is 2.75. The zero-order valence-electron chi connectivity index (χ0n) is 14.3. The van der Waals surface area contributed by atoms with Crippen molar-refractivity contribution in [2.45, 2.75) is 53.6 Å². The second kappa shape index (κ2) is 8.17. The summed E-state index contributed by atoms with van der Waals surface area (Å²) >= 11 is 0. The van der Waals surface area contributed by atoms with Crippen LogP contribution in [0.3, 0.4) is 0 Å². The van der Waals surface area contributed by atoms with Gasteiger partial charge in [0.05, 0.1) is 11.7 Å². The predicted octanol–water partition coefficient (Wildman–Crippen LogP) is 3.09. The van der Waals surface area contributed by atoms with Gasteiger partial charge in [0.1, 0.15) is 0 Å². The van der Waals surface area contributed by atoms with Gasteiger partial charge in [-0.05, 0) is 51.3 Å². The molecule has 0 amide bonds. The summed E-state index contributed by atoms with van der Waals surface area (Å²) in [5, 5.41) is 0. The molecule has 1 aromatic carbocycles. The first-order valence-electron chi connectivity index (χ1n) is 7.54. The normalized spacial score (nSPS) is 10.6. The minimum absolute atomic E-state index is 0. The fourth-order valence-corrected chi connectivity index (χ4v) is 2.94. The molecule has 0 aliphatic rings. The van der Waals surface area contributed by atoms with Crippen LogP contribution in [0.15, 0.2) is 30.5 Å². The molecule has 3 nitrogen and oxygen atoms in total. The molecule has 2 rings (SSSR count). The topological polar surface area (TPSA) is 25.9 Å². The molecule has 1 aromatic heterocycles. The molecule has 22 heavy (non-hydrogen) atoms. The quantitative estimate of drug-likeness (QED) is 0.739. The first kappa shape index (κ1) is 19.3. The Morgan fingerprint density at radius 1 is 1.14 bits per heavy atom. The number of hydrogen-bond donors (Lipinski definition) is 0. The minimum atomic E-state index is 0. The monoisotopic (exact) mass is 374 g/mol. The van der Waals surface area contributed by atoms with Crippen molar-refractivity contribution in [1.29, 1.82) is 0 Å². The van der Waals surface area contributed by atoms with Gasteiger partial charge in [0.2, 0.25) is 12.3 Å². The number of nitrogens with zero attached hydrogens (tertiary/aromatic N) is 2. The number of aromatic nitrogens is 2. The molecule has 2 aromatic rings. The minimum Gasteiger partial charge on any atom is -0.292 e. The number of ketones is 1. The number of rotatable bonds is 5. The molecule has 0 saturated carbocycles. The maximum absolute atomic E-state index is 12.4. The summed E-state index contributed by atoms with van der Waals surface area (Å²) in [6, 6.07) is 8.61. The van der Waals surface area contributed by atoms with Crippen LogP contribution in [0.5, 0.6) is 0 Å². The number of carbonyl (C=O) groups excluding carboxylic acids is 1. The fraction of sp³-hybridized carbons (Fsp3) is 0.444. The van der Waals surface area contributed by atoms with Crippen LogP contribution < -0.4 is 4.68 Å². The summed E-state index contributed by atoms with van der Waals surface area (Å²) in [5.74, 6) is 0.248. The summed E-state index contributed by atoms with van der Waals surface area (Å²) in [6.45, 7) is 10.9. The average molecular weight is 374 g/mol. The molecule has 1 radical (unpaired) electrons. The number of Topliss-reactive ketones (excluding diaryl/α,β-unsaturated/α-hetero) is 1. The smallest absolute Gasteiger partial charge is 0.230 e. The van der Waals surface area contributed by atoms with E-state index < -0.39 is 0 Å². The molecular formula is C18H25N2OY+. The Morgan fingerprint density at radius 2 is 1.73 bits per heavy atom. The molecule has 0 atom stereocenters. The summed E-state index contributed by atoms with van der Waals surface area (Å²) in [4.78, 5) is 12.4. The van der Waals surface area contributed by atoms with Gasteiger partial charge in [-0.15, -0.1) is 4.68 Å². The molecule has 0 unspecified atom stereocenters. The van der Waals surface area contributed by atoms with E-state index in [1.165, 1.54) is 22.4 Å². The van der Waals surface area contributed by atoms with Gasteiger partial charge in [-0.2, -0.15) is 4.68 Å². The van der Waals surface area contributed by atoms with Crippen LogP contribution >= 0.6 is 0 Å². The van der Waals surface area contributed by atoms with Crippen LogP contribution in [0.25, 0.3) is 0 Å². The molecule has 0 fully saturated rings. The van der Waals surface area contributed by atoms with Gasteiger partial charge >= 0.3 is 0 Å². The third kappa shape index (κ3) is 4.36. The van der Waals surface area contributed by atoms with Crippen LogP contribution in [0.4, 0.5) is 0 Å². The van der Waals surface area contributed by atoms with E-state index in [4.69, 9.17) is 0 Å². The van der Waals surface area contributed by atoms with E-state index in [-0.39, 0.29) is 38.5 Å². The number of benzene rings is 1. The third-order valence-electron chi connectivity index (χ3n) is 3.97. The maximum atomic E-state index is 12.4. The Bertz CT molecular complexity index is 639. The predicted molar refractivity (Wildman–Crippen MR) is 84.4 cm³/mol. The van der Waals surface area contributed by atoms with Crippen LogP contribution in [-0.4, -0.2) is 10.5 Å². The molecule has 115 valence electrons. The molecule has 0 saturated heterocycles. The third-order valence-corrected chi connectivity index (χ3v) is 3.97. The summed E-state index contributed by atoms with van der Waals surface area (Å²) in [7, 11) is 0. The van der Waals surface area contributed by atoms with Crippen molar-refractivity contribution < 1.29 is 42.2 Å². The summed E-state index contributed by atoms with van der Waals surface area (Å²) < 4.78 is 4.19. The van der Waals surface area contributed by atoms with E-state index in [0.717, 1.165) is 0 Å². The largest absolute Gasteiger partial charge is 0.292 e. The van der Waals surface area contributed by atoms with E-state index in [9.17, 15) is 4.79 Å². The molecule has 0 aliphatic carbocycles. The van der Waals surface area contributed by atoms with E-state index in [2.05, 4.69) is 57.5 Å². The van der Waals surface area contributed by atoms with Gasteiger partial charge < -0.3 is 0 Å². The Balaban J connectivity index is 0.00000242. The standard InChI is InChI=1S/C18H25N2O.Y/c1-13(2)20-16(5)9-10-19(20)12-17(21)11-18-14(3)7-6-8-15(18)4;/h6-10,13H,11-12H2,1-5H3;/q+1;. The fourth-order valence-electron chi connectivity index (χ4n) is 2.94. The first-order valence-corrected chi connectivity index (χ1v) is 7.54. The maximum Gasteiger partial charge on any atom is 0.230 e. The number of hydrogen-bond acceptors (Lipinski definition) is 1. The van der Waals surface area contributed by atoms with Gasteiger partial charge in [-0.1, -0.05) is 18.2 Å². The van der Waals surface area contributed by atoms with Crippen molar-refractivity contribution >= 4 is 5.78 Å². The van der Waals surface area contributed by atoms with Gasteiger partial charge in [0.25, 0.3) is 0 Å². The second-order valence-corrected chi connectivity index (χ2v) is 6.08.